The molecule has 8 heterocycles. The van der Waals surface area contributed by atoms with E-state index in [1.807, 2.05) is 50.6 Å². The first-order valence-electron chi connectivity index (χ1n) is 27.7. The molecule has 0 aliphatic carbocycles. The maximum Gasteiger partial charge on any atom is 0.256 e. The Kier molecular flexibility index (Phi) is 16.1. The average Bonchev–Trinajstić information content (AvgIpc) is 4.18. The lowest BCUT2D eigenvalue weighted by atomic mass is 9.76. The number of benzene rings is 2. The number of aromatic amines is 2. The molecule has 4 atom stereocenters. The fourth-order valence-electron chi connectivity index (χ4n) is 13.1. The van der Waals surface area contributed by atoms with Crippen LogP contribution in [0.25, 0.3) is 21.8 Å². The van der Waals surface area contributed by atoms with Crippen molar-refractivity contribution in [2.45, 2.75) is 112 Å². The van der Waals surface area contributed by atoms with Gasteiger partial charge in [0.2, 0.25) is 0 Å². The zero-order valence-corrected chi connectivity index (χ0v) is 47.0. The van der Waals surface area contributed by atoms with Crippen LogP contribution in [0.4, 0.5) is 0 Å². The molecule has 2 aliphatic rings. The number of carbonyl (C=O) groups is 2. The van der Waals surface area contributed by atoms with Crippen LogP contribution in [0, 0.1) is 46.5 Å². The molecule has 79 heavy (non-hydrogen) atoms. The van der Waals surface area contributed by atoms with Crippen LogP contribution in [0.3, 0.4) is 0 Å². The van der Waals surface area contributed by atoms with Crippen molar-refractivity contribution in [1.29, 1.82) is 0 Å². The zero-order valence-electron chi connectivity index (χ0n) is 47.0. The molecule has 8 aromatic rings. The number of rotatable bonds is 17. The molecule has 0 radical (unpaired) electrons. The summed E-state index contributed by atoms with van der Waals surface area (Å²) >= 11 is 0. The number of H-pyrrole nitrogens is 2. The third kappa shape index (κ3) is 11.1. The Hall–Kier alpha value is -7.82. The van der Waals surface area contributed by atoms with Crippen LogP contribution in [0.5, 0.6) is 11.5 Å². The molecule has 0 spiro atoms. The summed E-state index contributed by atoms with van der Waals surface area (Å²) in [4.78, 5) is 75.4. The van der Waals surface area contributed by atoms with Gasteiger partial charge in [-0.2, -0.15) is 0 Å². The van der Waals surface area contributed by atoms with Gasteiger partial charge in [0.25, 0.3) is 22.9 Å². The maximum atomic E-state index is 15.0. The number of hydrogen-bond donors (Lipinski definition) is 4. The molecule has 4 N–H and O–H groups in total. The smallest absolute Gasteiger partial charge is 0.256 e. The summed E-state index contributed by atoms with van der Waals surface area (Å²) in [5, 5.41) is 7.93. The number of aromatic nitrogens is 6. The highest BCUT2D eigenvalue weighted by molar-refractivity contribution is 6.09. The Morgan fingerprint density at radius 2 is 1.20 bits per heavy atom. The van der Waals surface area contributed by atoms with Crippen LogP contribution in [0.2, 0.25) is 0 Å². The van der Waals surface area contributed by atoms with E-state index in [2.05, 4.69) is 119 Å². The number of nitrogens with one attached hydrogen (secondary N) is 4. The maximum absolute atomic E-state index is 15.0. The summed E-state index contributed by atoms with van der Waals surface area (Å²) in [5.74, 6) is 0.807. The third-order valence-corrected chi connectivity index (χ3v) is 17.1. The standard InChI is InChI=1S/C63H74N10O6/c1-37-28-45(18-24-65-37)35-71-27-21-48(41(5)73-42(6)58(49-12-10-11-13-54(49)73)62(76)66-32-51-56(78-8)29-38(2)68-60(51)74)53(36-71)47-14-15-55-50(31-47)59(63(77)67-33-52-57(79-9)30-39(3)69-61(52)75)43(7)72(55)40(4)46-19-25-70(26-20-46)34-44-16-22-64-23-17-44/h10-18,22-24,28-31,40-41,46,48,53H,19-21,25-27,32-36H2,1-9H3,(H,66,76)(H,67,77)(H,68,74)(H,69,75). The summed E-state index contributed by atoms with van der Waals surface area (Å²) in [7, 11) is 3.06. The predicted molar refractivity (Wildman–Crippen MR) is 309 cm³/mol. The molecule has 0 saturated carbocycles. The molecular weight excluding hydrogens is 993 g/mol. The van der Waals surface area contributed by atoms with E-state index >= 15 is 4.79 Å². The van der Waals surface area contributed by atoms with Gasteiger partial charge in [0.15, 0.2) is 0 Å². The molecule has 2 saturated heterocycles. The molecule has 2 amide bonds. The second-order valence-electron chi connectivity index (χ2n) is 22.0. The molecule has 10 rings (SSSR count). The molecule has 4 unspecified atom stereocenters. The molecule has 2 aliphatic heterocycles. The lowest BCUT2D eigenvalue weighted by Gasteiger charge is -2.42. The van der Waals surface area contributed by atoms with E-state index in [0.717, 1.165) is 103 Å². The number of nitrogens with zero attached hydrogens (tertiary/aromatic N) is 6. The van der Waals surface area contributed by atoms with Gasteiger partial charge < -0.3 is 39.2 Å². The third-order valence-electron chi connectivity index (χ3n) is 17.1. The summed E-state index contributed by atoms with van der Waals surface area (Å²) < 4.78 is 15.9. The van der Waals surface area contributed by atoms with Crippen LogP contribution in [0.1, 0.15) is 128 Å². The van der Waals surface area contributed by atoms with Crippen molar-refractivity contribution >= 4 is 33.6 Å². The molecule has 6 aromatic heterocycles. The van der Waals surface area contributed by atoms with Crippen molar-refractivity contribution in [3.05, 3.63) is 186 Å². The van der Waals surface area contributed by atoms with Crippen molar-refractivity contribution < 1.29 is 19.1 Å². The fourth-order valence-corrected chi connectivity index (χ4v) is 13.1. The lowest BCUT2D eigenvalue weighted by molar-refractivity contribution is 0.0942. The minimum Gasteiger partial charge on any atom is -0.496 e. The first-order valence-corrected chi connectivity index (χ1v) is 27.7. The molecule has 412 valence electrons. The van der Waals surface area contributed by atoms with Gasteiger partial charge in [0, 0.05) is 107 Å². The second kappa shape index (κ2) is 23.3. The van der Waals surface area contributed by atoms with Crippen LogP contribution in [-0.2, 0) is 26.2 Å². The molecular formula is C63H74N10O6. The van der Waals surface area contributed by atoms with Gasteiger partial charge in [-0.05, 0) is 170 Å². The monoisotopic (exact) mass is 1070 g/mol. The van der Waals surface area contributed by atoms with Gasteiger partial charge >= 0.3 is 0 Å². The number of ether oxygens (including phenoxy) is 2. The van der Waals surface area contributed by atoms with Gasteiger partial charge in [0.05, 0.1) is 49.6 Å². The molecule has 2 fully saturated rings. The molecule has 2 aromatic carbocycles. The minimum atomic E-state index is -0.304. The topological polar surface area (TPSA) is 184 Å². The van der Waals surface area contributed by atoms with Crippen LogP contribution in [-0.4, -0.2) is 91.1 Å². The Morgan fingerprint density at radius 1 is 0.646 bits per heavy atom. The SMILES string of the molecule is COc1cc(C)[nH]c(=O)c1CNC(=O)c1c(C)n(C(C)C2CCN(Cc3ccncc3)CC2)c2ccc(C3CN(Cc4ccnc(C)c4)CCC3C(C)n3c(C)c(C(=O)NCc4c(OC)cc(C)[nH]c4=O)c4ccccc43)cc12. The largest absolute Gasteiger partial charge is 0.496 e. The van der Waals surface area contributed by atoms with Crippen molar-refractivity contribution in [2.24, 2.45) is 11.8 Å². The number of carbonyl (C=O) groups excluding carboxylic acids is 2. The average molecular weight is 1070 g/mol. The van der Waals surface area contributed by atoms with E-state index in [1.54, 1.807) is 26.0 Å². The van der Waals surface area contributed by atoms with Crippen molar-refractivity contribution in [3.63, 3.8) is 0 Å². The van der Waals surface area contributed by atoms with Crippen LogP contribution >= 0.6 is 0 Å². The zero-order chi connectivity index (χ0) is 55.6. The molecule has 0 bridgehead atoms. The quantitative estimate of drug-likeness (QED) is 0.0685. The number of amides is 2. The van der Waals surface area contributed by atoms with E-state index in [9.17, 15) is 14.4 Å². The van der Waals surface area contributed by atoms with Crippen molar-refractivity contribution in [3.8, 4) is 11.5 Å². The number of methoxy groups -OCH3 is 2. The van der Waals surface area contributed by atoms with Crippen molar-refractivity contribution in [2.75, 3.05) is 40.4 Å². The number of hydrogen-bond acceptors (Lipinski definition) is 10. The molecule has 16 heteroatoms. The van der Waals surface area contributed by atoms with Gasteiger partial charge in [-0.15, -0.1) is 0 Å². The number of para-hydroxylation sites is 1. The Morgan fingerprint density at radius 3 is 1.82 bits per heavy atom. The van der Waals surface area contributed by atoms with Crippen molar-refractivity contribution in [1.82, 2.24) is 49.5 Å². The van der Waals surface area contributed by atoms with E-state index in [1.165, 1.54) is 25.3 Å². The summed E-state index contributed by atoms with van der Waals surface area (Å²) in [6.45, 7) is 19.5. The van der Waals surface area contributed by atoms with Crippen LogP contribution in [0.15, 0.2) is 107 Å². The fraction of sp³-hybridized carbons (Fsp3) is 0.397. The number of likely N-dealkylation sites (tertiary alicyclic amines) is 2. The normalized spacial score (nSPS) is 17.2. The van der Waals surface area contributed by atoms with Gasteiger partial charge in [-0.3, -0.25) is 38.9 Å². The highest BCUT2D eigenvalue weighted by atomic mass is 16.5. The second-order valence-corrected chi connectivity index (χ2v) is 22.0. The van der Waals surface area contributed by atoms with E-state index in [0.29, 0.717) is 51.1 Å². The number of pyridine rings is 4. The highest BCUT2D eigenvalue weighted by Gasteiger charge is 2.38. The van der Waals surface area contributed by atoms with Gasteiger partial charge in [-0.25, -0.2) is 0 Å². The number of aryl methyl sites for hydroxylation is 3. The minimum absolute atomic E-state index is 0.00316. The summed E-state index contributed by atoms with van der Waals surface area (Å²) in [5.41, 5.74) is 10.9. The Balaban J connectivity index is 1.03. The Labute approximate surface area is 461 Å². The highest BCUT2D eigenvalue weighted by Crippen LogP contribution is 2.45. The molecule has 16 nitrogen and oxygen atoms in total. The van der Waals surface area contributed by atoms with Crippen LogP contribution < -0.4 is 31.2 Å². The summed E-state index contributed by atoms with van der Waals surface area (Å²) in [6.07, 6.45) is 8.50. The first kappa shape index (κ1) is 54.5. The first-order chi connectivity index (χ1) is 38.1. The van der Waals surface area contributed by atoms with E-state index in [4.69, 9.17) is 9.47 Å². The van der Waals surface area contributed by atoms with Gasteiger partial charge in [0.1, 0.15) is 11.5 Å². The number of fused-ring (bicyclic) bond motifs is 2. The van der Waals surface area contributed by atoms with E-state index in [-0.39, 0.29) is 59.9 Å². The Bertz CT molecular complexity index is 3660. The predicted octanol–water partition coefficient (Wildman–Crippen LogP) is 9.52. The number of piperidine rings is 2. The van der Waals surface area contributed by atoms with E-state index < -0.39 is 0 Å². The lowest BCUT2D eigenvalue weighted by Crippen LogP contribution is -2.41. The summed E-state index contributed by atoms with van der Waals surface area (Å²) in [6, 6.07) is 26.8. The van der Waals surface area contributed by atoms with Gasteiger partial charge in [-0.1, -0.05) is 24.3 Å².